The molecule has 2 N–H and O–H groups in total. The molecule has 0 aliphatic heterocycles. The number of hydrogen-bond donors (Lipinski definition) is 2. The van der Waals surface area contributed by atoms with Crippen molar-refractivity contribution in [1.29, 1.82) is 0 Å². The maximum absolute atomic E-state index is 12.1. The highest BCUT2D eigenvalue weighted by molar-refractivity contribution is 8.00. The average Bonchev–Trinajstić information content (AvgIpc) is 2.46. The molecule has 1 aromatic heterocycles. The van der Waals surface area contributed by atoms with Gasteiger partial charge in [-0.2, -0.15) is 4.98 Å². The zero-order chi connectivity index (χ0) is 16.1. The number of halogens is 1. The molecule has 1 aromatic carbocycles. The highest BCUT2D eigenvalue weighted by Gasteiger charge is 2.16. The summed E-state index contributed by atoms with van der Waals surface area (Å²) in [5.41, 5.74) is 0.272. The zero-order valence-corrected chi connectivity index (χ0v) is 13.5. The number of H-pyrrole nitrogens is 1. The van der Waals surface area contributed by atoms with Crippen molar-refractivity contribution >= 4 is 35.0 Å². The topological polar surface area (TPSA) is 84.1 Å². The summed E-state index contributed by atoms with van der Waals surface area (Å²) in [4.78, 5) is 30.2. The molecular weight excluding hydrogens is 326 g/mol. The van der Waals surface area contributed by atoms with Crippen LogP contribution in [0.1, 0.15) is 6.92 Å². The van der Waals surface area contributed by atoms with Gasteiger partial charge in [-0.25, -0.2) is 0 Å². The van der Waals surface area contributed by atoms with Crippen LogP contribution in [-0.2, 0) is 4.79 Å². The summed E-state index contributed by atoms with van der Waals surface area (Å²) in [5.74, 6) is -0.0218. The van der Waals surface area contributed by atoms with E-state index in [0.717, 1.165) is 11.8 Å². The maximum Gasteiger partial charge on any atom is 0.255 e. The number of hydrogen-bond acceptors (Lipinski definition) is 5. The van der Waals surface area contributed by atoms with Crippen molar-refractivity contribution in [3.05, 3.63) is 45.7 Å². The first-order valence-corrected chi connectivity index (χ1v) is 7.62. The Labute approximate surface area is 136 Å². The number of aromatic nitrogens is 2. The first kappa shape index (κ1) is 16.4. The zero-order valence-electron chi connectivity index (χ0n) is 11.9. The minimum absolute atomic E-state index is 0.202. The lowest BCUT2D eigenvalue weighted by atomic mass is 10.3. The summed E-state index contributed by atoms with van der Waals surface area (Å²) in [7, 11) is 1.42. The molecule has 1 amide bonds. The molecule has 0 radical (unpaired) electrons. The number of anilines is 1. The van der Waals surface area contributed by atoms with E-state index in [9.17, 15) is 9.59 Å². The third-order valence-electron chi connectivity index (χ3n) is 2.66. The average molecular weight is 340 g/mol. The van der Waals surface area contributed by atoms with Crippen molar-refractivity contribution in [2.24, 2.45) is 0 Å². The van der Waals surface area contributed by atoms with E-state index in [4.69, 9.17) is 16.3 Å². The van der Waals surface area contributed by atoms with Crippen molar-refractivity contribution in [3.63, 3.8) is 0 Å². The Morgan fingerprint density at radius 1 is 1.45 bits per heavy atom. The van der Waals surface area contributed by atoms with Crippen LogP contribution in [0.25, 0.3) is 0 Å². The standard InChI is InChI=1S/C14H14ClN3O3S/c1-8(13(20)16-10-5-3-4-9(15)6-10)22-14-17-11(19)7-12(18-14)21-2/h3-8H,1-2H3,(H,16,20)(H,17,18,19)/t8-/m1/s1. The van der Waals surface area contributed by atoms with Crippen molar-refractivity contribution in [3.8, 4) is 5.88 Å². The SMILES string of the molecule is COc1cc(=O)[nH]c(S[C@H](C)C(=O)Nc2cccc(Cl)c2)n1. The Morgan fingerprint density at radius 2 is 2.23 bits per heavy atom. The highest BCUT2D eigenvalue weighted by Crippen LogP contribution is 2.22. The fourth-order valence-electron chi connectivity index (χ4n) is 1.61. The molecule has 6 nitrogen and oxygen atoms in total. The van der Waals surface area contributed by atoms with E-state index in [1.165, 1.54) is 13.2 Å². The predicted molar refractivity (Wildman–Crippen MR) is 86.8 cm³/mol. The van der Waals surface area contributed by atoms with Gasteiger partial charge in [0, 0.05) is 10.7 Å². The Balaban J connectivity index is 2.05. The number of ether oxygens (including phenoxy) is 1. The molecule has 0 aliphatic rings. The smallest absolute Gasteiger partial charge is 0.255 e. The number of benzene rings is 1. The largest absolute Gasteiger partial charge is 0.481 e. The van der Waals surface area contributed by atoms with Crippen LogP contribution in [0, 0.1) is 0 Å². The number of nitrogens with one attached hydrogen (secondary N) is 2. The lowest BCUT2D eigenvalue weighted by molar-refractivity contribution is -0.115. The number of rotatable bonds is 5. The number of carbonyl (C=O) groups is 1. The monoisotopic (exact) mass is 339 g/mol. The van der Waals surface area contributed by atoms with Gasteiger partial charge in [-0.05, 0) is 25.1 Å². The molecule has 0 saturated carbocycles. The first-order chi connectivity index (χ1) is 10.5. The van der Waals surface area contributed by atoms with Crippen molar-refractivity contribution in [2.45, 2.75) is 17.3 Å². The van der Waals surface area contributed by atoms with Gasteiger partial charge in [-0.3, -0.25) is 9.59 Å². The van der Waals surface area contributed by atoms with Gasteiger partial charge in [0.25, 0.3) is 5.56 Å². The van der Waals surface area contributed by atoms with E-state index in [1.54, 1.807) is 31.2 Å². The molecule has 1 heterocycles. The summed E-state index contributed by atoms with van der Waals surface area (Å²) in [6.45, 7) is 1.71. The molecule has 1 atom stereocenters. The summed E-state index contributed by atoms with van der Waals surface area (Å²) < 4.78 is 4.93. The number of nitrogens with zero attached hydrogens (tertiary/aromatic N) is 1. The Kier molecular flexibility index (Phi) is 5.46. The molecule has 0 spiro atoms. The van der Waals surface area contributed by atoms with Crippen LogP contribution in [-0.4, -0.2) is 28.2 Å². The maximum atomic E-state index is 12.1. The Bertz CT molecular complexity index is 735. The number of aromatic amines is 1. The normalized spacial score (nSPS) is 11.8. The van der Waals surface area contributed by atoms with Gasteiger partial charge in [-0.1, -0.05) is 29.4 Å². The van der Waals surface area contributed by atoms with E-state index in [1.807, 2.05) is 0 Å². The number of carbonyl (C=O) groups excluding carboxylic acids is 1. The van der Waals surface area contributed by atoms with E-state index in [0.29, 0.717) is 15.9 Å². The lowest BCUT2D eigenvalue weighted by Crippen LogP contribution is -2.23. The van der Waals surface area contributed by atoms with Crippen LogP contribution in [0.5, 0.6) is 5.88 Å². The van der Waals surface area contributed by atoms with Crippen LogP contribution in [0.4, 0.5) is 5.69 Å². The van der Waals surface area contributed by atoms with Crippen LogP contribution in [0.2, 0.25) is 5.02 Å². The van der Waals surface area contributed by atoms with Crippen molar-refractivity contribution in [1.82, 2.24) is 9.97 Å². The molecule has 22 heavy (non-hydrogen) atoms. The molecule has 116 valence electrons. The third-order valence-corrected chi connectivity index (χ3v) is 3.87. The van der Waals surface area contributed by atoms with Crippen molar-refractivity contribution < 1.29 is 9.53 Å². The fraction of sp³-hybridized carbons (Fsp3) is 0.214. The van der Waals surface area contributed by atoms with Crippen LogP contribution in [0.15, 0.2) is 40.3 Å². The summed E-state index contributed by atoms with van der Waals surface area (Å²) in [5, 5.41) is 3.14. The minimum Gasteiger partial charge on any atom is -0.481 e. The lowest BCUT2D eigenvalue weighted by Gasteiger charge is -2.11. The van der Waals surface area contributed by atoms with Gasteiger partial charge in [-0.15, -0.1) is 0 Å². The van der Waals surface area contributed by atoms with Gasteiger partial charge in [0.1, 0.15) is 0 Å². The second-order valence-corrected chi connectivity index (χ2v) is 6.12. The molecule has 0 saturated heterocycles. The van der Waals surface area contributed by atoms with Crippen LogP contribution < -0.4 is 15.6 Å². The molecule has 0 fully saturated rings. The van der Waals surface area contributed by atoms with Crippen LogP contribution in [0.3, 0.4) is 0 Å². The van der Waals surface area contributed by atoms with Crippen LogP contribution >= 0.6 is 23.4 Å². The van der Waals surface area contributed by atoms with Gasteiger partial charge in [0.15, 0.2) is 5.16 Å². The molecular formula is C14H14ClN3O3S. The second-order valence-electron chi connectivity index (χ2n) is 4.35. The Morgan fingerprint density at radius 3 is 2.91 bits per heavy atom. The van der Waals surface area contributed by atoms with Gasteiger partial charge in [0.2, 0.25) is 11.8 Å². The molecule has 8 heteroatoms. The molecule has 2 aromatic rings. The van der Waals surface area contributed by atoms with Crippen molar-refractivity contribution in [2.75, 3.05) is 12.4 Å². The summed E-state index contributed by atoms with van der Waals surface area (Å²) in [6.07, 6.45) is 0. The molecule has 2 rings (SSSR count). The number of thioether (sulfide) groups is 1. The van der Waals surface area contributed by atoms with E-state index in [-0.39, 0.29) is 17.3 Å². The summed E-state index contributed by atoms with van der Waals surface area (Å²) >= 11 is 7.00. The third kappa shape index (κ3) is 4.51. The molecule has 0 unspecified atom stereocenters. The van der Waals surface area contributed by atoms with Gasteiger partial charge >= 0.3 is 0 Å². The minimum atomic E-state index is -0.464. The van der Waals surface area contributed by atoms with E-state index in [2.05, 4.69) is 15.3 Å². The molecule has 0 bridgehead atoms. The second kappa shape index (κ2) is 7.33. The predicted octanol–water partition coefficient (Wildman–Crippen LogP) is 2.55. The molecule has 0 aliphatic carbocycles. The summed E-state index contributed by atoms with van der Waals surface area (Å²) in [6, 6.07) is 8.10. The Hall–Kier alpha value is -1.99. The van der Waals surface area contributed by atoms with E-state index >= 15 is 0 Å². The number of methoxy groups -OCH3 is 1. The van der Waals surface area contributed by atoms with Gasteiger partial charge in [0.05, 0.1) is 18.4 Å². The quantitative estimate of drug-likeness (QED) is 0.646. The van der Waals surface area contributed by atoms with E-state index < -0.39 is 5.25 Å². The highest BCUT2D eigenvalue weighted by atomic mass is 35.5. The number of amides is 1. The fourth-order valence-corrected chi connectivity index (χ4v) is 2.60. The first-order valence-electron chi connectivity index (χ1n) is 6.36. The van der Waals surface area contributed by atoms with Gasteiger partial charge < -0.3 is 15.0 Å².